The molecular weight excluding hydrogens is 466 g/mol. The Labute approximate surface area is 209 Å². The van der Waals surface area contributed by atoms with Crippen LogP contribution in [-0.4, -0.2) is 61.3 Å². The summed E-state index contributed by atoms with van der Waals surface area (Å²) >= 11 is 0. The second-order valence-corrected chi connectivity index (χ2v) is 10.7. The van der Waals surface area contributed by atoms with Gasteiger partial charge in [-0.3, -0.25) is 4.79 Å². The summed E-state index contributed by atoms with van der Waals surface area (Å²) in [6.45, 7) is 5.63. The van der Waals surface area contributed by atoms with Crippen LogP contribution >= 0.6 is 0 Å². The summed E-state index contributed by atoms with van der Waals surface area (Å²) in [5.74, 6) is -0.714. The summed E-state index contributed by atoms with van der Waals surface area (Å²) in [6, 6.07) is 16.0. The van der Waals surface area contributed by atoms with Gasteiger partial charge in [0.25, 0.3) is 0 Å². The number of phenolic OH excluding ortho intramolecular Hbond substituents is 1. The van der Waals surface area contributed by atoms with E-state index in [-0.39, 0.29) is 17.9 Å². The van der Waals surface area contributed by atoms with E-state index in [0.717, 1.165) is 11.1 Å². The second-order valence-electron chi connectivity index (χ2n) is 8.64. The van der Waals surface area contributed by atoms with Crippen molar-refractivity contribution in [1.82, 2.24) is 9.62 Å². The van der Waals surface area contributed by atoms with E-state index in [4.69, 9.17) is 10.5 Å². The highest BCUT2D eigenvalue weighted by atomic mass is 32.2. The van der Waals surface area contributed by atoms with Crippen molar-refractivity contribution in [3.05, 3.63) is 65.7 Å². The van der Waals surface area contributed by atoms with Crippen molar-refractivity contribution in [2.24, 2.45) is 5.73 Å². The fourth-order valence-corrected chi connectivity index (χ4v) is 5.33. The molecule has 0 aliphatic carbocycles. The molecular formula is C26H39N3O5S. The average molecular weight is 506 g/mol. The van der Waals surface area contributed by atoms with Gasteiger partial charge in [0.2, 0.25) is 10.0 Å². The van der Waals surface area contributed by atoms with E-state index in [1.807, 2.05) is 44.2 Å². The zero-order chi connectivity index (χ0) is 25.7. The van der Waals surface area contributed by atoms with E-state index < -0.39 is 28.1 Å². The van der Waals surface area contributed by atoms with Gasteiger partial charge in [-0.05, 0) is 42.5 Å². The quantitative estimate of drug-likeness (QED) is 0.300. The number of phenols is 1. The van der Waals surface area contributed by atoms with Gasteiger partial charge in [0.15, 0.2) is 0 Å². The number of sulfonamides is 1. The first-order valence-corrected chi connectivity index (χ1v) is 13.8. The topological polar surface area (TPSA) is 122 Å². The van der Waals surface area contributed by atoms with Crippen molar-refractivity contribution in [3.63, 3.8) is 0 Å². The molecule has 0 amide bonds. The van der Waals surface area contributed by atoms with Crippen LogP contribution in [0, 0.1) is 0 Å². The predicted octanol–water partition coefficient (Wildman–Crippen LogP) is 2.81. The number of esters is 1. The first-order chi connectivity index (χ1) is 16.7. The smallest absolute Gasteiger partial charge is 0.307 e. The number of nitrogens with one attached hydrogen (secondary N) is 1. The number of hydrogen-bond acceptors (Lipinski definition) is 7. The predicted molar refractivity (Wildman–Crippen MR) is 138 cm³/mol. The van der Waals surface area contributed by atoms with Gasteiger partial charge < -0.3 is 20.9 Å². The minimum absolute atomic E-state index is 0.163. The SMILES string of the molecule is CCCN(CCC)S(=O)(=O)CCC(=O)O[C@H](CNCc1ccccc1)[C@@H](N)Cc1ccc(O)cc1. The Kier molecular flexibility index (Phi) is 12.2. The number of benzene rings is 2. The van der Waals surface area contributed by atoms with Gasteiger partial charge in [0, 0.05) is 32.2 Å². The lowest BCUT2D eigenvalue weighted by atomic mass is 10.0. The molecule has 0 unspecified atom stereocenters. The summed E-state index contributed by atoms with van der Waals surface area (Å²) in [6.07, 6.45) is 0.984. The molecule has 2 aromatic rings. The van der Waals surface area contributed by atoms with Gasteiger partial charge in [-0.15, -0.1) is 0 Å². The molecule has 9 heteroatoms. The highest BCUT2D eigenvalue weighted by Crippen LogP contribution is 2.14. The van der Waals surface area contributed by atoms with E-state index in [0.29, 0.717) is 45.4 Å². The molecule has 0 radical (unpaired) electrons. The number of carbonyl (C=O) groups is 1. The lowest BCUT2D eigenvalue weighted by molar-refractivity contribution is -0.149. The standard InChI is InChI=1S/C26H39N3O5S/c1-3-15-29(16-4-2)35(32,33)17-14-26(31)34-25(20-28-19-22-8-6-5-7-9-22)24(27)18-21-10-12-23(30)13-11-21/h5-13,24-25,28,30H,3-4,14-20,27H2,1-2H3/t24-,25+/m0/s1. The number of hydrogen-bond donors (Lipinski definition) is 3. The molecule has 0 spiro atoms. The van der Waals surface area contributed by atoms with Gasteiger partial charge in [0.05, 0.1) is 12.2 Å². The third kappa shape index (κ3) is 10.4. The largest absolute Gasteiger partial charge is 0.508 e. The molecule has 8 nitrogen and oxygen atoms in total. The normalized spacial score (nSPS) is 13.5. The Morgan fingerprint density at radius 2 is 1.66 bits per heavy atom. The number of rotatable bonds is 16. The van der Waals surface area contributed by atoms with Crippen LogP contribution in [0.3, 0.4) is 0 Å². The number of ether oxygens (including phenoxy) is 1. The van der Waals surface area contributed by atoms with Crippen LogP contribution in [0.1, 0.15) is 44.2 Å². The lowest BCUT2D eigenvalue weighted by Crippen LogP contribution is -2.46. The number of nitrogens with zero attached hydrogens (tertiary/aromatic N) is 1. The molecule has 0 saturated carbocycles. The van der Waals surface area contributed by atoms with E-state index in [2.05, 4.69) is 5.32 Å². The molecule has 0 aromatic heterocycles. The van der Waals surface area contributed by atoms with Gasteiger partial charge in [-0.25, -0.2) is 12.7 Å². The Balaban J connectivity index is 2.00. The molecule has 0 aliphatic heterocycles. The summed E-state index contributed by atoms with van der Waals surface area (Å²) in [5, 5.41) is 12.8. The molecule has 2 atom stereocenters. The molecule has 194 valence electrons. The fourth-order valence-electron chi connectivity index (χ4n) is 3.73. The summed E-state index contributed by atoms with van der Waals surface area (Å²) in [5.41, 5.74) is 8.40. The van der Waals surface area contributed by atoms with Crippen LogP contribution in [0.25, 0.3) is 0 Å². The second kappa shape index (κ2) is 14.8. The number of nitrogens with two attached hydrogens (primary N) is 1. The monoisotopic (exact) mass is 505 g/mol. The highest BCUT2D eigenvalue weighted by molar-refractivity contribution is 7.89. The molecule has 0 aliphatic rings. The van der Waals surface area contributed by atoms with Gasteiger partial charge in [-0.1, -0.05) is 56.3 Å². The van der Waals surface area contributed by atoms with E-state index in [1.165, 1.54) is 4.31 Å². The molecule has 35 heavy (non-hydrogen) atoms. The van der Waals surface area contributed by atoms with E-state index in [9.17, 15) is 18.3 Å². The van der Waals surface area contributed by atoms with Crippen LogP contribution in [0.5, 0.6) is 5.75 Å². The van der Waals surface area contributed by atoms with Crippen molar-refractivity contribution in [2.45, 2.75) is 58.2 Å². The first kappa shape index (κ1) is 28.8. The minimum Gasteiger partial charge on any atom is -0.508 e. The Bertz CT molecular complexity index is 978. The van der Waals surface area contributed by atoms with E-state index >= 15 is 0 Å². The zero-order valence-electron chi connectivity index (χ0n) is 20.7. The van der Waals surface area contributed by atoms with Crippen LogP contribution < -0.4 is 11.1 Å². The third-order valence-corrected chi connectivity index (χ3v) is 7.46. The molecule has 2 rings (SSSR count). The van der Waals surface area contributed by atoms with Crippen molar-refractivity contribution < 1.29 is 23.1 Å². The third-order valence-electron chi connectivity index (χ3n) is 5.59. The maximum absolute atomic E-state index is 12.7. The highest BCUT2D eigenvalue weighted by Gasteiger charge is 2.26. The first-order valence-electron chi connectivity index (χ1n) is 12.2. The zero-order valence-corrected chi connectivity index (χ0v) is 21.5. The number of carbonyl (C=O) groups excluding carboxylic acids is 1. The van der Waals surface area contributed by atoms with E-state index in [1.54, 1.807) is 24.3 Å². The van der Waals surface area contributed by atoms with Crippen molar-refractivity contribution in [2.75, 3.05) is 25.4 Å². The molecule has 0 heterocycles. The Morgan fingerprint density at radius 1 is 1.03 bits per heavy atom. The number of aromatic hydroxyl groups is 1. The fraction of sp³-hybridized carbons (Fsp3) is 0.500. The van der Waals surface area contributed by atoms with Crippen LogP contribution in [0.2, 0.25) is 0 Å². The molecule has 2 aromatic carbocycles. The maximum Gasteiger partial charge on any atom is 0.307 e. The molecule has 0 fully saturated rings. The molecule has 0 bridgehead atoms. The summed E-state index contributed by atoms with van der Waals surface area (Å²) < 4.78 is 32.5. The van der Waals surface area contributed by atoms with Gasteiger partial charge >= 0.3 is 5.97 Å². The summed E-state index contributed by atoms with van der Waals surface area (Å²) in [4.78, 5) is 12.7. The minimum atomic E-state index is -3.54. The maximum atomic E-state index is 12.7. The molecule has 0 saturated heterocycles. The van der Waals surface area contributed by atoms with Gasteiger partial charge in [0.1, 0.15) is 11.9 Å². The van der Waals surface area contributed by atoms with Crippen LogP contribution in [-0.2, 0) is 32.5 Å². The van der Waals surface area contributed by atoms with Crippen molar-refractivity contribution in [3.8, 4) is 5.75 Å². The van der Waals surface area contributed by atoms with Gasteiger partial charge in [-0.2, -0.15) is 0 Å². The van der Waals surface area contributed by atoms with Crippen LogP contribution in [0.15, 0.2) is 54.6 Å². The Morgan fingerprint density at radius 3 is 2.26 bits per heavy atom. The summed E-state index contributed by atoms with van der Waals surface area (Å²) in [7, 11) is -3.54. The molecule has 4 N–H and O–H groups in total. The van der Waals surface area contributed by atoms with Crippen LogP contribution in [0.4, 0.5) is 0 Å². The Hall–Kier alpha value is -2.46. The van der Waals surface area contributed by atoms with Crippen molar-refractivity contribution in [1.29, 1.82) is 0 Å². The lowest BCUT2D eigenvalue weighted by Gasteiger charge is -2.25. The average Bonchev–Trinajstić information content (AvgIpc) is 2.84. The van der Waals surface area contributed by atoms with Crippen molar-refractivity contribution >= 4 is 16.0 Å².